The van der Waals surface area contributed by atoms with Crippen LogP contribution in [0, 0.1) is 6.92 Å². The molecule has 0 spiro atoms. The Labute approximate surface area is 80.4 Å². The molecule has 0 heterocycles. The van der Waals surface area contributed by atoms with E-state index in [1.807, 2.05) is 0 Å². The minimum Gasteiger partial charge on any atom is -0.143 e. The highest BCUT2D eigenvalue weighted by atomic mass is 32.1. The SMILES string of the molecule is CCCCc1ccc(C)cc1S. The number of aryl methyl sites for hydroxylation is 2. The highest BCUT2D eigenvalue weighted by Crippen LogP contribution is 2.17. The topological polar surface area (TPSA) is 0 Å². The molecule has 0 aliphatic carbocycles. The standard InChI is InChI=1S/C11H16S/c1-3-4-5-10-7-6-9(2)8-11(10)12/h6-8,12H,3-5H2,1-2H3. The number of hydrogen-bond donors (Lipinski definition) is 1. The Hall–Kier alpha value is -0.430. The molecule has 0 amide bonds. The molecule has 0 N–H and O–H groups in total. The third-order valence-corrected chi connectivity index (χ3v) is 2.46. The fourth-order valence-electron chi connectivity index (χ4n) is 1.25. The van der Waals surface area contributed by atoms with Crippen LogP contribution in [0.15, 0.2) is 23.1 Å². The monoisotopic (exact) mass is 180 g/mol. The van der Waals surface area contributed by atoms with Crippen molar-refractivity contribution >= 4 is 12.6 Å². The van der Waals surface area contributed by atoms with Crippen molar-refractivity contribution in [1.82, 2.24) is 0 Å². The summed E-state index contributed by atoms with van der Waals surface area (Å²) in [6.45, 7) is 4.32. The minimum absolute atomic E-state index is 1.14. The third kappa shape index (κ3) is 2.56. The molecule has 0 atom stereocenters. The van der Waals surface area contributed by atoms with Gasteiger partial charge < -0.3 is 0 Å². The summed E-state index contributed by atoms with van der Waals surface area (Å²) in [6.07, 6.45) is 3.67. The zero-order valence-electron chi connectivity index (χ0n) is 7.80. The first kappa shape index (κ1) is 9.66. The lowest BCUT2D eigenvalue weighted by Gasteiger charge is -2.04. The van der Waals surface area contributed by atoms with Gasteiger partial charge in [0.15, 0.2) is 0 Å². The van der Waals surface area contributed by atoms with Crippen molar-refractivity contribution in [2.75, 3.05) is 0 Å². The number of unbranched alkanes of at least 4 members (excludes halogenated alkanes) is 1. The van der Waals surface area contributed by atoms with Crippen molar-refractivity contribution < 1.29 is 0 Å². The van der Waals surface area contributed by atoms with E-state index in [0.29, 0.717) is 0 Å². The summed E-state index contributed by atoms with van der Waals surface area (Å²) in [5, 5.41) is 0. The number of thiol groups is 1. The summed E-state index contributed by atoms with van der Waals surface area (Å²) >= 11 is 4.44. The van der Waals surface area contributed by atoms with Gasteiger partial charge in [-0.25, -0.2) is 0 Å². The van der Waals surface area contributed by atoms with Gasteiger partial charge >= 0.3 is 0 Å². The molecule has 0 aliphatic heterocycles. The lowest BCUT2D eigenvalue weighted by Crippen LogP contribution is -1.87. The number of benzene rings is 1. The van der Waals surface area contributed by atoms with E-state index >= 15 is 0 Å². The molecule has 0 unspecified atom stereocenters. The van der Waals surface area contributed by atoms with Gasteiger partial charge in [0.1, 0.15) is 0 Å². The molecule has 1 aromatic rings. The molecule has 0 nitrogen and oxygen atoms in total. The molecule has 0 aliphatic rings. The second kappa shape index (κ2) is 4.56. The first-order valence-corrected chi connectivity index (χ1v) is 4.97. The normalized spacial score (nSPS) is 10.2. The van der Waals surface area contributed by atoms with E-state index in [1.165, 1.54) is 24.0 Å². The van der Waals surface area contributed by atoms with Gasteiger partial charge in [-0.05, 0) is 31.4 Å². The van der Waals surface area contributed by atoms with Crippen LogP contribution in [0.1, 0.15) is 30.9 Å². The Morgan fingerprint density at radius 1 is 1.33 bits per heavy atom. The maximum absolute atomic E-state index is 4.44. The summed E-state index contributed by atoms with van der Waals surface area (Å²) in [5.41, 5.74) is 2.67. The van der Waals surface area contributed by atoms with Gasteiger partial charge in [-0.2, -0.15) is 0 Å². The van der Waals surface area contributed by atoms with Crippen molar-refractivity contribution in [2.24, 2.45) is 0 Å². The average molecular weight is 180 g/mol. The molecular formula is C11H16S. The van der Waals surface area contributed by atoms with E-state index in [0.717, 1.165) is 11.3 Å². The zero-order valence-corrected chi connectivity index (χ0v) is 8.70. The number of rotatable bonds is 3. The molecule has 66 valence electrons. The van der Waals surface area contributed by atoms with E-state index in [2.05, 4.69) is 44.7 Å². The number of hydrogen-bond acceptors (Lipinski definition) is 1. The van der Waals surface area contributed by atoms with Crippen LogP contribution in [0.3, 0.4) is 0 Å². The fourth-order valence-corrected chi connectivity index (χ4v) is 1.64. The van der Waals surface area contributed by atoms with Crippen molar-refractivity contribution in [3.63, 3.8) is 0 Å². The second-order valence-electron chi connectivity index (χ2n) is 3.24. The maximum Gasteiger partial charge on any atom is 0.00746 e. The largest absolute Gasteiger partial charge is 0.143 e. The van der Waals surface area contributed by atoms with Crippen LogP contribution in [0.5, 0.6) is 0 Å². The quantitative estimate of drug-likeness (QED) is 0.675. The van der Waals surface area contributed by atoms with Gasteiger partial charge in [-0.1, -0.05) is 31.0 Å². The first-order valence-electron chi connectivity index (χ1n) is 4.52. The van der Waals surface area contributed by atoms with Crippen molar-refractivity contribution in [3.05, 3.63) is 29.3 Å². The molecule has 1 heteroatoms. The van der Waals surface area contributed by atoms with Crippen molar-refractivity contribution in [2.45, 2.75) is 38.0 Å². The van der Waals surface area contributed by atoms with Crippen LogP contribution in [0.25, 0.3) is 0 Å². The second-order valence-corrected chi connectivity index (χ2v) is 3.72. The van der Waals surface area contributed by atoms with E-state index in [-0.39, 0.29) is 0 Å². The van der Waals surface area contributed by atoms with E-state index in [4.69, 9.17) is 0 Å². The molecule has 0 aromatic heterocycles. The fraction of sp³-hybridized carbons (Fsp3) is 0.455. The molecule has 0 bridgehead atoms. The zero-order chi connectivity index (χ0) is 8.97. The molecule has 1 rings (SSSR count). The van der Waals surface area contributed by atoms with Crippen LogP contribution >= 0.6 is 12.6 Å². The summed E-state index contributed by atoms with van der Waals surface area (Å²) in [4.78, 5) is 1.14. The predicted molar refractivity (Wildman–Crippen MR) is 57.0 cm³/mol. The van der Waals surface area contributed by atoms with Crippen molar-refractivity contribution in [1.29, 1.82) is 0 Å². The van der Waals surface area contributed by atoms with Crippen molar-refractivity contribution in [3.8, 4) is 0 Å². The molecule has 0 saturated heterocycles. The van der Waals surface area contributed by atoms with Gasteiger partial charge in [-0.3, -0.25) is 0 Å². The smallest absolute Gasteiger partial charge is 0.00746 e. The van der Waals surface area contributed by atoms with E-state index in [1.54, 1.807) is 0 Å². The van der Waals surface area contributed by atoms with Gasteiger partial charge in [0, 0.05) is 4.90 Å². The van der Waals surface area contributed by atoms with Crippen LogP contribution in [0.4, 0.5) is 0 Å². The predicted octanol–water partition coefficient (Wildman–Crippen LogP) is 3.63. The summed E-state index contributed by atoms with van der Waals surface area (Å²) in [7, 11) is 0. The van der Waals surface area contributed by atoms with Crippen LogP contribution in [0.2, 0.25) is 0 Å². The Bertz CT molecular complexity index is 253. The maximum atomic E-state index is 4.44. The Balaban J connectivity index is 2.72. The Morgan fingerprint density at radius 3 is 2.67 bits per heavy atom. The van der Waals surface area contributed by atoms with Gasteiger partial charge in [0.25, 0.3) is 0 Å². The summed E-state index contributed by atoms with van der Waals surface area (Å²) in [6, 6.07) is 6.48. The summed E-state index contributed by atoms with van der Waals surface area (Å²) in [5.74, 6) is 0. The van der Waals surface area contributed by atoms with E-state index < -0.39 is 0 Å². The third-order valence-electron chi connectivity index (χ3n) is 2.04. The highest BCUT2D eigenvalue weighted by molar-refractivity contribution is 7.80. The van der Waals surface area contributed by atoms with Crippen LogP contribution in [-0.2, 0) is 6.42 Å². The highest BCUT2D eigenvalue weighted by Gasteiger charge is 1.97. The average Bonchev–Trinajstić information content (AvgIpc) is 2.03. The summed E-state index contributed by atoms with van der Waals surface area (Å²) < 4.78 is 0. The lowest BCUT2D eigenvalue weighted by atomic mass is 10.1. The molecule has 0 fully saturated rings. The van der Waals surface area contributed by atoms with Gasteiger partial charge in [0.05, 0.1) is 0 Å². The van der Waals surface area contributed by atoms with Gasteiger partial charge in [0.2, 0.25) is 0 Å². The van der Waals surface area contributed by atoms with Crippen LogP contribution in [-0.4, -0.2) is 0 Å². The van der Waals surface area contributed by atoms with Gasteiger partial charge in [-0.15, -0.1) is 12.6 Å². The molecule has 1 aromatic carbocycles. The lowest BCUT2D eigenvalue weighted by molar-refractivity contribution is 0.785. The Morgan fingerprint density at radius 2 is 2.08 bits per heavy atom. The molecule has 12 heavy (non-hydrogen) atoms. The molecule has 0 saturated carbocycles. The molecule has 0 radical (unpaired) electrons. The van der Waals surface area contributed by atoms with Crippen LogP contribution < -0.4 is 0 Å². The minimum atomic E-state index is 1.14. The first-order chi connectivity index (χ1) is 5.74. The Kier molecular flexibility index (Phi) is 3.67. The van der Waals surface area contributed by atoms with E-state index in [9.17, 15) is 0 Å². The molecular weight excluding hydrogens is 164 g/mol.